The van der Waals surface area contributed by atoms with Crippen molar-refractivity contribution in [3.8, 4) is 5.75 Å². The summed E-state index contributed by atoms with van der Waals surface area (Å²) >= 11 is 0. The third kappa shape index (κ3) is 22.7. The number of carbonyl (C=O) groups excluding carboxylic acids is 10. The Kier molecular flexibility index (Phi) is 26.0. The molecule has 30 heteroatoms. The van der Waals surface area contributed by atoms with Gasteiger partial charge in [0, 0.05) is 32.4 Å². The lowest BCUT2D eigenvalue weighted by atomic mass is 10.0. The Balaban J connectivity index is 1.85. The molecule has 3 rings (SSSR count). The molecule has 9 atom stereocenters. The average molecular weight is 1110 g/mol. The minimum atomic E-state index is -1.81. The first-order valence-electron chi connectivity index (χ1n) is 25.0. The van der Waals surface area contributed by atoms with E-state index in [9.17, 15) is 72.9 Å². The summed E-state index contributed by atoms with van der Waals surface area (Å²) in [6, 6.07) is 2.01. The standard InChI is InChI=1S/C49H70N14O16/c1-25(48(78)79)57-37(67)23-56-42(72)33(20-27-8-4-3-5-9-27)61-46(76)40(26(2)64)62-44(74)34(21-28-12-14-29(65)15-13-28)60-43(73)31(10-6-18-54-49(52)53)58-38(68)24-55-41(71)32(16-17-39(69)70)59-45(75)35-11-7-19-63(35)47(77)30(50)22-36(51)66/h3-5,8-9,12-15,25-26,30-35,40,64-65H,6-7,10-11,16-24,50H2,1-2H3,(H2,51,66)(H,55,71)(H,56,72)(H,57,67)(H,58,68)(H,59,75)(H,60,73)(H,61,76)(H,62,74)(H,69,70)(H,78,79)(H4,52,53,54)/t25-,26+,30-,31-,32-,33-,34-,35-,40-/m0/s1. The number of hydrogen-bond acceptors (Lipinski definition) is 16. The largest absolute Gasteiger partial charge is 0.508 e. The minimum Gasteiger partial charge on any atom is -0.508 e. The van der Waals surface area contributed by atoms with E-state index in [1.54, 1.807) is 30.3 Å². The number of rotatable bonds is 32. The molecule has 0 aromatic heterocycles. The summed E-state index contributed by atoms with van der Waals surface area (Å²) in [5.74, 6) is -12.5. The number of aliphatic imine (C=N–C) groups is 1. The van der Waals surface area contributed by atoms with E-state index in [0.717, 1.165) is 11.8 Å². The molecule has 1 saturated heterocycles. The summed E-state index contributed by atoms with van der Waals surface area (Å²) < 4.78 is 0. The van der Waals surface area contributed by atoms with Crippen molar-refractivity contribution in [3.63, 3.8) is 0 Å². The lowest BCUT2D eigenvalue weighted by Gasteiger charge is -2.28. The molecule has 0 bridgehead atoms. The summed E-state index contributed by atoms with van der Waals surface area (Å²) in [4.78, 5) is 161. The maximum Gasteiger partial charge on any atom is 0.325 e. The van der Waals surface area contributed by atoms with Gasteiger partial charge in [-0.05, 0) is 69.2 Å². The van der Waals surface area contributed by atoms with Crippen LogP contribution in [0.2, 0.25) is 0 Å². The van der Waals surface area contributed by atoms with E-state index < -0.39 is 158 Å². The van der Waals surface area contributed by atoms with Gasteiger partial charge in [-0.15, -0.1) is 0 Å². The molecule has 79 heavy (non-hydrogen) atoms. The smallest absolute Gasteiger partial charge is 0.325 e. The zero-order valence-corrected chi connectivity index (χ0v) is 43.5. The molecule has 1 aliphatic heterocycles. The van der Waals surface area contributed by atoms with E-state index in [1.165, 1.54) is 31.2 Å². The number of guanidine groups is 1. The van der Waals surface area contributed by atoms with Crippen LogP contribution in [-0.4, -0.2) is 183 Å². The van der Waals surface area contributed by atoms with Crippen LogP contribution in [0.1, 0.15) is 69.9 Å². The van der Waals surface area contributed by atoms with Crippen LogP contribution >= 0.6 is 0 Å². The number of nitrogens with two attached hydrogens (primary N) is 4. The fourth-order valence-electron chi connectivity index (χ4n) is 7.91. The SMILES string of the molecule is C[C@H](NC(=O)CNC(=O)[C@H](Cc1ccccc1)NC(=O)[C@@H](NC(=O)[C@H](Cc1ccc(O)cc1)NC(=O)[C@H](CCCN=C(N)N)NC(=O)CNC(=O)[C@H](CCC(=O)O)NC(=O)[C@@H]1CCCN1C(=O)[C@@H](N)CC(N)=O)[C@@H](C)O)C(=O)O. The Morgan fingerprint density at radius 1 is 0.671 bits per heavy atom. The Hall–Kier alpha value is -8.93. The lowest BCUT2D eigenvalue weighted by Crippen LogP contribution is -2.61. The van der Waals surface area contributed by atoms with Crippen molar-refractivity contribution >= 4 is 77.0 Å². The van der Waals surface area contributed by atoms with Gasteiger partial charge in [0.1, 0.15) is 48.0 Å². The average Bonchev–Trinajstić information content (AvgIpc) is 3.89. The summed E-state index contributed by atoms with van der Waals surface area (Å²) in [6.07, 6.45) is -3.39. The van der Waals surface area contributed by atoms with E-state index >= 15 is 0 Å². The summed E-state index contributed by atoms with van der Waals surface area (Å²) in [5, 5.41) is 58.4. The zero-order chi connectivity index (χ0) is 58.9. The topological polar surface area (TPSA) is 502 Å². The number of phenolic OH excluding ortho intramolecular Hbond substituents is 1. The third-order valence-electron chi connectivity index (χ3n) is 12.0. The summed E-state index contributed by atoms with van der Waals surface area (Å²) in [6.45, 7) is 0.857. The van der Waals surface area contributed by atoms with E-state index in [1.807, 2.05) is 0 Å². The molecule has 1 aliphatic rings. The first-order valence-corrected chi connectivity index (χ1v) is 25.0. The number of likely N-dealkylation sites (tertiary alicyclic amines) is 1. The van der Waals surface area contributed by atoms with Crippen molar-refractivity contribution in [2.45, 2.75) is 126 Å². The van der Waals surface area contributed by atoms with E-state index in [4.69, 9.17) is 28.0 Å². The molecule has 0 aliphatic carbocycles. The van der Waals surface area contributed by atoms with E-state index in [-0.39, 0.29) is 56.9 Å². The lowest BCUT2D eigenvalue weighted by molar-refractivity contribution is -0.141. The second-order valence-electron chi connectivity index (χ2n) is 18.5. The number of aliphatic carboxylic acids is 2. The molecule has 10 amide bonds. The summed E-state index contributed by atoms with van der Waals surface area (Å²) in [5.41, 5.74) is 22.8. The minimum absolute atomic E-state index is 0.0446. The molecule has 30 nitrogen and oxygen atoms in total. The number of carboxylic acid groups (broad SMARTS) is 2. The molecule has 2 aromatic carbocycles. The Bertz CT molecular complexity index is 2530. The summed E-state index contributed by atoms with van der Waals surface area (Å²) in [7, 11) is 0. The van der Waals surface area contributed by atoms with Gasteiger partial charge >= 0.3 is 11.9 Å². The third-order valence-corrected chi connectivity index (χ3v) is 12.0. The second-order valence-corrected chi connectivity index (χ2v) is 18.5. The Labute approximate surface area is 453 Å². The maximum absolute atomic E-state index is 14.3. The van der Waals surface area contributed by atoms with Gasteiger partial charge in [0.15, 0.2) is 5.96 Å². The molecule has 2 aromatic rings. The van der Waals surface area contributed by atoms with Crippen LogP contribution < -0.4 is 65.5 Å². The quantitative estimate of drug-likeness (QED) is 0.0184. The van der Waals surface area contributed by atoms with Crippen molar-refractivity contribution < 1.29 is 78.0 Å². The number of carbonyl (C=O) groups is 12. The fourth-order valence-corrected chi connectivity index (χ4v) is 7.91. The number of phenols is 1. The van der Waals surface area contributed by atoms with Crippen molar-refractivity contribution in [1.82, 2.24) is 47.4 Å². The number of aliphatic hydroxyl groups excluding tert-OH is 1. The number of hydrogen-bond donors (Lipinski definition) is 16. The van der Waals surface area contributed by atoms with Crippen LogP contribution in [0.15, 0.2) is 59.6 Å². The number of nitrogens with zero attached hydrogens (tertiary/aromatic N) is 2. The molecule has 432 valence electrons. The van der Waals surface area contributed by atoms with Crippen LogP contribution in [0.3, 0.4) is 0 Å². The first-order chi connectivity index (χ1) is 37.2. The van der Waals surface area contributed by atoms with Crippen molar-refractivity contribution in [2.75, 3.05) is 26.2 Å². The highest BCUT2D eigenvalue weighted by atomic mass is 16.4. The van der Waals surface area contributed by atoms with Gasteiger partial charge < -0.3 is 90.8 Å². The molecule has 0 spiro atoms. The van der Waals surface area contributed by atoms with Gasteiger partial charge in [-0.3, -0.25) is 62.5 Å². The zero-order valence-electron chi connectivity index (χ0n) is 43.5. The molecule has 0 unspecified atom stereocenters. The number of nitrogens with one attached hydrogen (secondary N) is 8. The monoisotopic (exact) mass is 1110 g/mol. The fraction of sp³-hybridized carbons (Fsp3) is 0.490. The van der Waals surface area contributed by atoms with Crippen LogP contribution in [0.5, 0.6) is 5.75 Å². The van der Waals surface area contributed by atoms with Crippen molar-refractivity contribution in [1.29, 1.82) is 0 Å². The van der Waals surface area contributed by atoms with Crippen LogP contribution in [0, 0.1) is 0 Å². The number of benzene rings is 2. The van der Waals surface area contributed by atoms with Gasteiger partial charge in [0.25, 0.3) is 0 Å². The second kappa shape index (κ2) is 32.0. The van der Waals surface area contributed by atoms with Crippen LogP contribution in [-0.2, 0) is 70.4 Å². The van der Waals surface area contributed by atoms with E-state index in [0.29, 0.717) is 17.5 Å². The molecule has 0 radical (unpaired) electrons. The maximum atomic E-state index is 14.3. The Morgan fingerprint density at radius 3 is 1.78 bits per heavy atom. The number of aliphatic hydroxyl groups is 1. The molecule has 0 saturated carbocycles. The van der Waals surface area contributed by atoms with Gasteiger partial charge in [-0.1, -0.05) is 42.5 Å². The highest BCUT2D eigenvalue weighted by molar-refractivity contribution is 5.98. The van der Waals surface area contributed by atoms with Gasteiger partial charge in [0.2, 0.25) is 59.1 Å². The number of primary amides is 1. The molecule has 1 fully saturated rings. The molecule has 1 heterocycles. The van der Waals surface area contributed by atoms with Crippen molar-refractivity contribution in [2.24, 2.45) is 27.9 Å². The van der Waals surface area contributed by atoms with Gasteiger partial charge in [0.05, 0.1) is 31.7 Å². The molecule has 20 N–H and O–H groups in total. The number of amides is 10. The molecular formula is C49H70N14O16. The molecular weight excluding hydrogens is 1040 g/mol. The van der Waals surface area contributed by atoms with Crippen LogP contribution in [0.4, 0.5) is 0 Å². The number of carboxylic acids is 2. The van der Waals surface area contributed by atoms with Crippen LogP contribution in [0.25, 0.3) is 0 Å². The predicted octanol–water partition coefficient (Wildman–Crippen LogP) is -6.08. The predicted molar refractivity (Wildman–Crippen MR) is 278 cm³/mol. The first kappa shape index (κ1) is 64.4. The number of aromatic hydroxyl groups is 1. The van der Waals surface area contributed by atoms with Gasteiger partial charge in [-0.2, -0.15) is 0 Å². The highest BCUT2D eigenvalue weighted by Crippen LogP contribution is 2.20. The highest BCUT2D eigenvalue weighted by Gasteiger charge is 2.39. The normalized spacial score (nSPS) is 15.8. The van der Waals surface area contributed by atoms with Crippen molar-refractivity contribution in [3.05, 3.63) is 65.7 Å². The Morgan fingerprint density at radius 2 is 1.22 bits per heavy atom. The van der Waals surface area contributed by atoms with E-state index in [2.05, 4.69) is 47.5 Å². The van der Waals surface area contributed by atoms with Gasteiger partial charge in [-0.25, -0.2) is 0 Å².